The van der Waals surface area contributed by atoms with Gasteiger partial charge in [0.15, 0.2) is 6.10 Å². The maximum absolute atomic E-state index is 12.6. The van der Waals surface area contributed by atoms with E-state index < -0.39 is 51.8 Å². The molecule has 0 heterocycles. The number of esters is 2. The largest absolute Gasteiger partial charge is 0.472 e. The van der Waals surface area contributed by atoms with Crippen LogP contribution in [0.4, 0.5) is 0 Å². The first-order valence-electron chi connectivity index (χ1n) is 20.9. The molecule has 0 saturated carbocycles. The van der Waals surface area contributed by atoms with Crippen LogP contribution >= 0.6 is 7.82 Å². The van der Waals surface area contributed by atoms with Gasteiger partial charge in [-0.15, -0.1) is 0 Å². The molecule has 0 aliphatic heterocycles. The van der Waals surface area contributed by atoms with Gasteiger partial charge in [-0.2, -0.15) is 0 Å². The van der Waals surface area contributed by atoms with Gasteiger partial charge in [0, 0.05) is 12.8 Å². The lowest BCUT2D eigenvalue weighted by atomic mass is 10.1. The topological polar surface area (TPSA) is 149 Å². The quantitative estimate of drug-likeness (QED) is 0.0181. The van der Waals surface area contributed by atoms with Crippen molar-refractivity contribution in [3.8, 4) is 0 Å². The van der Waals surface area contributed by atoms with Crippen LogP contribution in [0.2, 0.25) is 0 Å². The molecule has 0 aliphatic carbocycles. The second-order valence-electron chi connectivity index (χ2n) is 13.7. The molecule has 0 radical (unpaired) electrons. The van der Waals surface area contributed by atoms with E-state index in [1.54, 1.807) is 0 Å². The monoisotopic (exact) mass is 795 g/mol. The molecule has 0 saturated heterocycles. The number of hydrogen-bond donors (Lipinski definition) is 3. The average Bonchev–Trinajstić information content (AvgIpc) is 3.17. The van der Waals surface area contributed by atoms with Gasteiger partial charge in [0.05, 0.1) is 19.8 Å². The van der Waals surface area contributed by atoms with Gasteiger partial charge in [-0.05, 0) is 64.2 Å². The van der Waals surface area contributed by atoms with Gasteiger partial charge >= 0.3 is 19.8 Å². The van der Waals surface area contributed by atoms with Gasteiger partial charge in [0.25, 0.3) is 0 Å². The summed E-state index contributed by atoms with van der Waals surface area (Å²) in [4.78, 5) is 34.9. The van der Waals surface area contributed by atoms with E-state index >= 15 is 0 Å². The summed E-state index contributed by atoms with van der Waals surface area (Å²) >= 11 is 0. The fourth-order valence-corrected chi connectivity index (χ4v) is 6.03. The predicted octanol–water partition coefficient (Wildman–Crippen LogP) is 10.9. The molecule has 2 unspecified atom stereocenters. The van der Waals surface area contributed by atoms with E-state index in [-0.39, 0.29) is 19.4 Å². The van der Waals surface area contributed by atoms with Crippen LogP contribution < -0.4 is 0 Å². The molecule has 0 aromatic heterocycles. The third kappa shape index (κ3) is 39.4. The van der Waals surface area contributed by atoms with Crippen LogP contribution in [0.3, 0.4) is 0 Å². The van der Waals surface area contributed by atoms with Crippen molar-refractivity contribution in [2.75, 3.05) is 26.4 Å². The van der Waals surface area contributed by atoms with E-state index in [9.17, 15) is 24.2 Å². The van der Waals surface area contributed by atoms with Gasteiger partial charge in [-0.25, -0.2) is 4.57 Å². The summed E-state index contributed by atoms with van der Waals surface area (Å²) < 4.78 is 32.6. The number of aliphatic hydroxyl groups excluding tert-OH is 2. The molecule has 10 nitrogen and oxygen atoms in total. The molecule has 0 spiro atoms. The van der Waals surface area contributed by atoms with Crippen LogP contribution in [-0.2, 0) is 32.7 Å². The molecule has 3 atom stereocenters. The minimum atomic E-state index is -4.63. The van der Waals surface area contributed by atoms with Crippen LogP contribution in [0.25, 0.3) is 0 Å². The van der Waals surface area contributed by atoms with Crippen LogP contribution in [0.15, 0.2) is 72.9 Å². The first-order valence-corrected chi connectivity index (χ1v) is 22.4. The van der Waals surface area contributed by atoms with Crippen LogP contribution in [0.5, 0.6) is 0 Å². The summed E-state index contributed by atoms with van der Waals surface area (Å²) in [5.41, 5.74) is 0. The zero-order valence-corrected chi connectivity index (χ0v) is 35.0. The van der Waals surface area contributed by atoms with Crippen molar-refractivity contribution in [1.82, 2.24) is 0 Å². The highest BCUT2D eigenvalue weighted by Gasteiger charge is 2.27. The normalized spacial score (nSPS) is 14.6. The highest BCUT2D eigenvalue weighted by atomic mass is 31.2. The number of phosphoric acid groups is 1. The molecule has 0 amide bonds. The Kier molecular flexibility index (Phi) is 37.8. The fourth-order valence-electron chi connectivity index (χ4n) is 5.24. The standard InChI is InChI=1S/C44H75O10P/c1-3-5-7-9-11-13-15-17-18-19-20-21-22-24-25-27-29-31-33-35-43(47)51-39-42(40-53-55(49,50)52-38-41(46)37-45)54-44(48)36-34-32-30-28-26-23-16-14-12-10-8-6-4-2/h5-8,10-14,16-18,41-42,45-46H,3-4,9,15,19-40H2,1-2H3,(H,49,50)/b7-5+,8-6+,12-10+,13-11+,16-14+,18-17+/t41-,42?/m1/s1. The first kappa shape index (κ1) is 52.4. The molecular formula is C44H75O10P. The molecule has 0 aromatic rings. The summed E-state index contributed by atoms with van der Waals surface area (Å²) in [6.45, 7) is 2.09. The zero-order chi connectivity index (χ0) is 40.5. The maximum atomic E-state index is 12.6. The van der Waals surface area contributed by atoms with E-state index in [0.717, 1.165) is 83.5 Å². The molecule has 55 heavy (non-hydrogen) atoms. The second kappa shape index (κ2) is 39.6. The van der Waals surface area contributed by atoms with Crippen molar-refractivity contribution in [3.63, 3.8) is 0 Å². The summed E-state index contributed by atoms with van der Waals surface area (Å²) in [6, 6.07) is 0. The molecule has 3 N–H and O–H groups in total. The Morgan fingerprint density at radius 2 is 1.04 bits per heavy atom. The number of aliphatic hydroxyl groups is 2. The lowest BCUT2D eigenvalue weighted by Gasteiger charge is -2.20. The third-order valence-electron chi connectivity index (χ3n) is 8.42. The molecule has 11 heteroatoms. The smallest absolute Gasteiger partial charge is 0.462 e. The minimum Gasteiger partial charge on any atom is -0.462 e. The SMILES string of the molecule is CC/C=C/C=C/C=C/CCCCCCCC(=O)OC(COC(=O)CCCCCCCCCCC/C=C/C/C=C/C/C=C/CC)COP(=O)(O)OC[C@H](O)CO. The van der Waals surface area contributed by atoms with Crippen molar-refractivity contribution in [3.05, 3.63) is 72.9 Å². The Bertz CT molecular complexity index is 1140. The number of rotatable bonds is 38. The molecule has 0 aromatic carbocycles. The van der Waals surface area contributed by atoms with Gasteiger partial charge in [-0.3, -0.25) is 18.6 Å². The van der Waals surface area contributed by atoms with Crippen molar-refractivity contribution >= 4 is 19.8 Å². The number of carbonyl (C=O) groups excluding carboxylic acids is 2. The summed E-state index contributed by atoms with van der Waals surface area (Å²) in [6.07, 6.45) is 44.4. The maximum Gasteiger partial charge on any atom is 0.472 e. The molecular weight excluding hydrogens is 719 g/mol. The molecule has 0 aliphatic rings. The number of unbranched alkanes of at least 4 members (excludes halogenated alkanes) is 14. The van der Waals surface area contributed by atoms with E-state index in [0.29, 0.717) is 12.8 Å². The van der Waals surface area contributed by atoms with Crippen molar-refractivity contribution < 1.29 is 47.8 Å². The molecule has 0 rings (SSSR count). The highest BCUT2D eigenvalue weighted by Crippen LogP contribution is 2.43. The summed E-state index contributed by atoms with van der Waals surface area (Å²) in [5.74, 6) is -0.962. The average molecular weight is 795 g/mol. The Hall–Kier alpha value is -2.59. The van der Waals surface area contributed by atoms with E-state index in [4.69, 9.17) is 19.1 Å². The van der Waals surface area contributed by atoms with Crippen LogP contribution in [0.1, 0.15) is 155 Å². The first-order chi connectivity index (χ1) is 26.7. The van der Waals surface area contributed by atoms with Crippen molar-refractivity contribution in [1.29, 1.82) is 0 Å². The van der Waals surface area contributed by atoms with E-state index in [2.05, 4.69) is 67.0 Å². The lowest BCUT2D eigenvalue weighted by Crippen LogP contribution is -2.29. The van der Waals surface area contributed by atoms with Crippen molar-refractivity contribution in [2.24, 2.45) is 0 Å². The number of hydrogen-bond acceptors (Lipinski definition) is 9. The minimum absolute atomic E-state index is 0.156. The van der Waals surface area contributed by atoms with Gasteiger partial charge in [0.2, 0.25) is 0 Å². The lowest BCUT2D eigenvalue weighted by molar-refractivity contribution is -0.161. The Morgan fingerprint density at radius 3 is 1.62 bits per heavy atom. The summed E-state index contributed by atoms with van der Waals surface area (Å²) in [5, 5.41) is 18.3. The van der Waals surface area contributed by atoms with Crippen LogP contribution in [0, 0.1) is 0 Å². The predicted molar refractivity (Wildman–Crippen MR) is 223 cm³/mol. The van der Waals surface area contributed by atoms with Gasteiger partial charge < -0.3 is 24.6 Å². The van der Waals surface area contributed by atoms with E-state index in [1.807, 2.05) is 24.3 Å². The number of ether oxygens (including phenoxy) is 2. The van der Waals surface area contributed by atoms with Gasteiger partial charge in [0.1, 0.15) is 12.7 Å². The number of allylic oxidation sites excluding steroid dienone is 12. The molecule has 0 fully saturated rings. The highest BCUT2D eigenvalue weighted by molar-refractivity contribution is 7.47. The fraction of sp³-hybridized carbons (Fsp3) is 0.682. The van der Waals surface area contributed by atoms with E-state index in [1.165, 1.54) is 32.1 Å². The number of phosphoric ester groups is 1. The number of carbonyl (C=O) groups is 2. The Morgan fingerprint density at radius 1 is 0.564 bits per heavy atom. The second-order valence-corrected chi connectivity index (χ2v) is 15.1. The molecule has 0 bridgehead atoms. The van der Waals surface area contributed by atoms with Crippen LogP contribution in [-0.4, -0.2) is 65.7 Å². The zero-order valence-electron chi connectivity index (χ0n) is 34.1. The van der Waals surface area contributed by atoms with Gasteiger partial charge in [-0.1, -0.05) is 151 Å². The Balaban J connectivity index is 4.31. The third-order valence-corrected chi connectivity index (χ3v) is 9.37. The van der Waals surface area contributed by atoms with Crippen molar-refractivity contribution in [2.45, 2.75) is 167 Å². The Labute approximate surface area is 333 Å². The molecule has 316 valence electrons. The summed E-state index contributed by atoms with van der Waals surface area (Å²) in [7, 11) is -4.63.